The summed E-state index contributed by atoms with van der Waals surface area (Å²) in [5, 5.41) is 0. The molecule has 1 heterocycles. The first-order valence-electron chi connectivity index (χ1n) is 7.37. The highest BCUT2D eigenvalue weighted by Gasteiger charge is 2.29. The molecule has 0 aromatic carbocycles. The van der Waals surface area contributed by atoms with E-state index >= 15 is 0 Å². The number of hydrogen-bond acceptors (Lipinski definition) is 3. The Morgan fingerprint density at radius 2 is 2.11 bits per heavy atom. The van der Waals surface area contributed by atoms with Crippen molar-refractivity contribution in [3.8, 4) is 0 Å². The Morgan fingerprint density at radius 1 is 1.42 bits per heavy atom. The van der Waals surface area contributed by atoms with Gasteiger partial charge in [-0.1, -0.05) is 30.4 Å². The molecule has 0 saturated carbocycles. The summed E-state index contributed by atoms with van der Waals surface area (Å²) in [6.07, 6.45) is 8.44. The maximum Gasteiger partial charge on any atom is 0.0717 e. The van der Waals surface area contributed by atoms with Crippen LogP contribution in [0.5, 0.6) is 0 Å². The Bertz CT molecular complexity index is 377. The molecule has 2 unspecified atom stereocenters. The molecule has 2 atom stereocenters. The van der Waals surface area contributed by atoms with Gasteiger partial charge in [-0.05, 0) is 58.0 Å². The minimum absolute atomic E-state index is 0.290. The smallest absolute Gasteiger partial charge is 0.0717 e. The van der Waals surface area contributed by atoms with E-state index in [0.717, 1.165) is 31.6 Å². The summed E-state index contributed by atoms with van der Waals surface area (Å²) in [5.74, 6) is 6.26. The Balaban J connectivity index is 2.10. The van der Waals surface area contributed by atoms with Crippen LogP contribution in [0, 0.1) is 5.92 Å². The summed E-state index contributed by atoms with van der Waals surface area (Å²) in [7, 11) is 0. The fourth-order valence-corrected chi connectivity index (χ4v) is 3.31. The summed E-state index contributed by atoms with van der Waals surface area (Å²) in [6.45, 7) is 12.7. The zero-order chi connectivity index (χ0) is 13.8. The van der Waals surface area contributed by atoms with Crippen LogP contribution in [-0.4, -0.2) is 24.0 Å². The van der Waals surface area contributed by atoms with Crippen molar-refractivity contribution in [2.45, 2.75) is 45.1 Å². The zero-order valence-corrected chi connectivity index (χ0v) is 12.1. The first-order valence-corrected chi connectivity index (χ1v) is 7.37. The molecule has 3 N–H and O–H groups in total. The van der Waals surface area contributed by atoms with Gasteiger partial charge in [0.1, 0.15) is 0 Å². The van der Waals surface area contributed by atoms with Crippen LogP contribution in [0.15, 0.2) is 36.1 Å². The SMILES string of the molecule is C=C(C)C1CC=C(C(C(=C)NN)N2CCCC2)CC1. The van der Waals surface area contributed by atoms with E-state index in [9.17, 15) is 0 Å². The van der Waals surface area contributed by atoms with Crippen LogP contribution in [0.2, 0.25) is 0 Å². The normalized spacial score (nSPS) is 25.8. The highest BCUT2D eigenvalue weighted by molar-refractivity contribution is 5.26. The van der Waals surface area contributed by atoms with Gasteiger partial charge in [0.2, 0.25) is 0 Å². The molecule has 3 heteroatoms. The largest absolute Gasteiger partial charge is 0.327 e. The third-order valence-electron chi connectivity index (χ3n) is 4.52. The Morgan fingerprint density at radius 3 is 2.58 bits per heavy atom. The molecule has 2 aliphatic rings. The van der Waals surface area contributed by atoms with Gasteiger partial charge < -0.3 is 5.43 Å². The summed E-state index contributed by atoms with van der Waals surface area (Å²) < 4.78 is 0. The minimum atomic E-state index is 0.290. The predicted molar refractivity (Wildman–Crippen MR) is 81.3 cm³/mol. The van der Waals surface area contributed by atoms with Gasteiger partial charge in [-0.2, -0.15) is 0 Å². The molecule has 0 aromatic heterocycles. The van der Waals surface area contributed by atoms with Gasteiger partial charge in [0.05, 0.1) is 6.04 Å². The molecular weight excluding hydrogens is 234 g/mol. The van der Waals surface area contributed by atoms with E-state index < -0.39 is 0 Å². The number of nitrogens with two attached hydrogens (primary N) is 1. The maximum atomic E-state index is 5.61. The second kappa shape index (κ2) is 6.40. The van der Waals surface area contributed by atoms with Crippen molar-refractivity contribution in [3.05, 3.63) is 36.1 Å². The molecule has 0 aromatic rings. The lowest BCUT2D eigenvalue weighted by molar-refractivity contribution is 0.284. The number of likely N-dealkylation sites (tertiary alicyclic amines) is 1. The minimum Gasteiger partial charge on any atom is -0.327 e. The third kappa shape index (κ3) is 3.28. The van der Waals surface area contributed by atoms with E-state index in [0.29, 0.717) is 12.0 Å². The van der Waals surface area contributed by atoms with Crippen LogP contribution in [-0.2, 0) is 0 Å². The second-order valence-electron chi connectivity index (χ2n) is 5.91. The molecule has 2 rings (SSSR count). The first kappa shape index (κ1) is 14.4. The maximum absolute atomic E-state index is 5.61. The zero-order valence-electron chi connectivity index (χ0n) is 12.1. The van der Waals surface area contributed by atoms with Gasteiger partial charge in [-0.25, -0.2) is 0 Å². The molecule has 0 amide bonds. The lowest BCUT2D eigenvalue weighted by Crippen LogP contribution is -2.42. The van der Waals surface area contributed by atoms with E-state index in [-0.39, 0.29) is 0 Å². The fourth-order valence-electron chi connectivity index (χ4n) is 3.31. The lowest BCUT2D eigenvalue weighted by atomic mass is 9.82. The van der Waals surface area contributed by atoms with Crippen molar-refractivity contribution in [1.29, 1.82) is 0 Å². The molecule has 0 bridgehead atoms. The first-order chi connectivity index (χ1) is 9.13. The van der Waals surface area contributed by atoms with Gasteiger partial charge in [-0.3, -0.25) is 10.7 Å². The van der Waals surface area contributed by atoms with E-state index in [1.165, 1.54) is 30.4 Å². The average molecular weight is 261 g/mol. The molecule has 0 radical (unpaired) electrons. The molecule has 19 heavy (non-hydrogen) atoms. The van der Waals surface area contributed by atoms with Crippen LogP contribution < -0.4 is 11.3 Å². The molecule has 106 valence electrons. The van der Waals surface area contributed by atoms with E-state index in [4.69, 9.17) is 5.84 Å². The van der Waals surface area contributed by atoms with Crippen LogP contribution in [0.3, 0.4) is 0 Å². The van der Waals surface area contributed by atoms with Crippen LogP contribution in [0.25, 0.3) is 0 Å². The molecule has 3 nitrogen and oxygen atoms in total. The summed E-state index contributed by atoms with van der Waals surface area (Å²) in [5.41, 5.74) is 6.51. The number of allylic oxidation sites excluding steroid dienone is 2. The quantitative estimate of drug-likeness (QED) is 0.454. The van der Waals surface area contributed by atoms with Crippen LogP contribution in [0.1, 0.15) is 39.0 Å². The number of hydrazine groups is 1. The second-order valence-corrected chi connectivity index (χ2v) is 5.91. The van der Waals surface area contributed by atoms with Gasteiger partial charge in [-0.15, -0.1) is 0 Å². The molecular formula is C16H27N3. The van der Waals surface area contributed by atoms with Gasteiger partial charge >= 0.3 is 0 Å². The van der Waals surface area contributed by atoms with Crippen molar-refractivity contribution in [2.24, 2.45) is 11.8 Å². The monoisotopic (exact) mass is 261 g/mol. The van der Waals surface area contributed by atoms with Crippen LogP contribution in [0.4, 0.5) is 0 Å². The third-order valence-corrected chi connectivity index (χ3v) is 4.52. The molecule has 1 saturated heterocycles. The highest BCUT2D eigenvalue weighted by atomic mass is 15.3. The lowest BCUT2D eigenvalue weighted by Gasteiger charge is -2.34. The van der Waals surface area contributed by atoms with Gasteiger partial charge in [0.25, 0.3) is 0 Å². The molecule has 1 fully saturated rings. The van der Waals surface area contributed by atoms with E-state index in [1.807, 2.05) is 0 Å². The predicted octanol–water partition coefficient (Wildman–Crippen LogP) is 2.73. The van der Waals surface area contributed by atoms with Crippen molar-refractivity contribution >= 4 is 0 Å². The van der Waals surface area contributed by atoms with E-state index in [2.05, 4.69) is 36.5 Å². The van der Waals surface area contributed by atoms with E-state index in [1.54, 1.807) is 0 Å². The van der Waals surface area contributed by atoms with Crippen molar-refractivity contribution in [3.63, 3.8) is 0 Å². The fraction of sp³-hybridized carbons (Fsp3) is 0.625. The molecule has 1 aliphatic carbocycles. The summed E-state index contributed by atoms with van der Waals surface area (Å²) >= 11 is 0. The summed E-state index contributed by atoms with van der Waals surface area (Å²) in [6, 6.07) is 0.290. The number of rotatable bonds is 5. The number of hydrogen-bond donors (Lipinski definition) is 2. The molecule has 0 spiro atoms. The topological polar surface area (TPSA) is 41.3 Å². The van der Waals surface area contributed by atoms with Gasteiger partial charge in [0, 0.05) is 5.70 Å². The molecule has 1 aliphatic heterocycles. The van der Waals surface area contributed by atoms with Crippen molar-refractivity contribution in [1.82, 2.24) is 10.3 Å². The average Bonchev–Trinajstić information content (AvgIpc) is 2.93. The highest BCUT2D eigenvalue weighted by Crippen LogP contribution is 2.33. The summed E-state index contributed by atoms with van der Waals surface area (Å²) in [4.78, 5) is 2.51. The Labute approximate surface area is 117 Å². The van der Waals surface area contributed by atoms with Crippen LogP contribution >= 0.6 is 0 Å². The van der Waals surface area contributed by atoms with Crippen molar-refractivity contribution < 1.29 is 0 Å². The van der Waals surface area contributed by atoms with Gasteiger partial charge in [0.15, 0.2) is 0 Å². The van der Waals surface area contributed by atoms with Crippen molar-refractivity contribution in [2.75, 3.05) is 13.1 Å². The standard InChI is InChI=1S/C16H27N3/c1-12(2)14-6-8-15(9-7-14)16(13(3)18-17)19-10-4-5-11-19/h8,14,16,18H,1,3-7,9-11,17H2,2H3. The Kier molecular flexibility index (Phi) is 4.83. The number of nitrogens with zero attached hydrogens (tertiary/aromatic N) is 1. The Hall–Kier alpha value is -1.06. The number of nitrogens with one attached hydrogen (secondary N) is 1.